The van der Waals surface area contributed by atoms with Gasteiger partial charge in [0.05, 0.1) is 6.10 Å². The van der Waals surface area contributed by atoms with Gasteiger partial charge in [-0.2, -0.15) is 0 Å². The van der Waals surface area contributed by atoms with E-state index in [1.165, 1.54) is 24.8 Å². The van der Waals surface area contributed by atoms with Crippen LogP contribution in [0, 0.1) is 52.8 Å². The van der Waals surface area contributed by atoms with Gasteiger partial charge >= 0.3 is 0 Å². The number of allylic oxidation sites excluding steroid dienone is 1. The lowest BCUT2D eigenvalue weighted by Gasteiger charge is -2.55. The molecule has 2 saturated heterocycles. The van der Waals surface area contributed by atoms with Crippen LogP contribution in [-0.2, 0) is 9.59 Å². The van der Waals surface area contributed by atoms with Crippen LogP contribution in [0.1, 0.15) is 72.1 Å². The van der Waals surface area contributed by atoms with Gasteiger partial charge in [0.15, 0.2) is 5.78 Å². The number of amides is 1. The number of rotatable bonds is 0. The molecule has 4 aliphatic carbocycles. The second-order valence-corrected chi connectivity index (χ2v) is 12.4. The van der Waals surface area contributed by atoms with Gasteiger partial charge in [-0.3, -0.25) is 9.59 Å². The molecule has 1 amide bonds. The fraction of sp³-hybridized carbons (Fsp3) is 0.852. The molecule has 0 aromatic rings. The first-order chi connectivity index (χ1) is 14.8. The van der Waals surface area contributed by atoms with Crippen molar-refractivity contribution in [1.29, 1.82) is 0 Å². The zero-order valence-corrected chi connectivity index (χ0v) is 19.4. The summed E-state index contributed by atoms with van der Waals surface area (Å²) in [5.74, 6) is 4.21. The Bertz CT molecular complexity index is 834. The number of aliphatic hydroxyl groups is 1. The number of hydrogen-bond donors (Lipinski definition) is 1. The van der Waals surface area contributed by atoms with E-state index in [9.17, 15) is 14.7 Å². The van der Waals surface area contributed by atoms with Crippen molar-refractivity contribution in [1.82, 2.24) is 4.90 Å². The summed E-state index contributed by atoms with van der Waals surface area (Å²) in [4.78, 5) is 28.3. The fourth-order valence-corrected chi connectivity index (χ4v) is 9.61. The quantitative estimate of drug-likeness (QED) is 0.632. The van der Waals surface area contributed by atoms with Crippen molar-refractivity contribution < 1.29 is 14.7 Å². The zero-order valence-electron chi connectivity index (χ0n) is 19.4. The monoisotopic (exact) mass is 425 g/mol. The van der Waals surface area contributed by atoms with Crippen LogP contribution in [0.4, 0.5) is 0 Å². The molecule has 1 unspecified atom stereocenters. The lowest BCUT2D eigenvalue weighted by Crippen LogP contribution is -2.61. The highest BCUT2D eigenvalue weighted by atomic mass is 16.3. The van der Waals surface area contributed by atoms with E-state index >= 15 is 0 Å². The Labute approximate surface area is 186 Å². The van der Waals surface area contributed by atoms with Crippen LogP contribution in [0.3, 0.4) is 0 Å². The van der Waals surface area contributed by atoms with Crippen molar-refractivity contribution in [2.45, 2.75) is 84.3 Å². The molecule has 1 N–H and O–H groups in total. The maximum absolute atomic E-state index is 13.9. The largest absolute Gasteiger partial charge is 0.392 e. The predicted octanol–water partition coefficient (Wildman–Crippen LogP) is 4.22. The van der Waals surface area contributed by atoms with Gasteiger partial charge in [-0.15, -0.1) is 0 Å². The smallest absolute Gasteiger partial charge is 0.226 e. The van der Waals surface area contributed by atoms with Crippen molar-refractivity contribution in [3.05, 3.63) is 11.6 Å². The maximum Gasteiger partial charge on any atom is 0.226 e. The van der Waals surface area contributed by atoms with E-state index in [0.717, 1.165) is 25.8 Å². The van der Waals surface area contributed by atoms with Gasteiger partial charge in [-0.25, -0.2) is 0 Å². The van der Waals surface area contributed by atoms with Gasteiger partial charge < -0.3 is 10.0 Å². The van der Waals surface area contributed by atoms with Gasteiger partial charge in [-0.1, -0.05) is 26.3 Å². The molecule has 4 heteroatoms. The minimum atomic E-state index is -0.347. The molecule has 2 heterocycles. The van der Waals surface area contributed by atoms with Gasteiger partial charge in [0.2, 0.25) is 5.91 Å². The Morgan fingerprint density at radius 3 is 2.65 bits per heavy atom. The van der Waals surface area contributed by atoms with Crippen LogP contribution in [0.2, 0.25) is 0 Å². The Kier molecular flexibility index (Phi) is 4.56. The van der Waals surface area contributed by atoms with Crippen LogP contribution in [-0.4, -0.2) is 40.4 Å². The third-order valence-electron chi connectivity index (χ3n) is 11.2. The summed E-state index contributed by atoms with van der Waals surface area (Å²) in [6.07, 6.45) is 9.59. The first-order valence-corrected chi connectivity index (χ1v) is 13.0. The van der Waals surface area contributed by atoms with E-state index in [-0.39, 0.29) is 23.2 Å². The summed E-state index contributed by atoms with van der Waals surface area (Å²) >= 11 is 0. The molecular formula is C27H39NO3. The highest BCUT2D eigenvalue weighted by Crippen LogP contribution is 2.66. The number of aliphatic hydroxyl groups excluding tert-OH is 1. The average molecular weight is 426 g/mol. The number of hydrogen-bond acceptors (Lipinski definition) is 3. The number of fused-ring (bicyclic) bond motifs is 8. The summed E-state index contributed by atoms with van der Waals surface area (Å²) in [6, 6.07) is 0.451. The molecule has 0 bridgehead atoms. The van der Waals surface area contributed by atoms with Crippen LogP contribution < -0.4 is 0 Å². The Morgan fingerprint density at radius 2 is 1.84 bits per heavy atom. The van der Waals surface area contributed by atoms with Crippen LogP contribution in [0.25, 0.3) is 0 Å². The van der Waals surface area contributed by atoms with E-state index in [1.807, 2.05) is 6.08 Å². The molecule has 0 aromatic carbocycles. The van der Waals surface area contributed by atoms with Crippen LogP contribution in [0.15, 0.2) is 11.6 Å². The second-order valence-electron chi connectivity index (χ2n) is 12.4. The zero-order chi connectivity index (χ0) is 21.7. The van der Waals surface area contributed by atoms with Crippen molar-refractivity contribution >= 4 is 11.7 Å². The maximum atomic E-state index is 13.9. The number of carbonyl (C=O) groups is 2. The van der Waals surface area contributed by atoms with Crippen LogP contribution >= 0.6 is 0 Å². The molecule has 2 aliphatic heterocycles. The molecular weight excluding hydrogens is 386 g/mol. The third-order valence-corrected chi connectivity index (χ3v) is 11.2. The number of carbonyl (C=O) groups excluding carboxylic acids is 2. The minimum absolute atomic E-state index is 0.0378. The molecule has 5 fully saturated rings. The highest BCUT2D eigenvalue weighted by Gasteiger charge is 2.63. The van der Waals surface area contributed by atoms with Crippen molar-refractivity contribution in [2.24, 2.45) is 52.8 Å². The van der Waals surface area contributed by atoms with Gasteiger partial charge in [0, 0.05) is 24.9 Å². The summed E-state index contributed by atoms with van der Waals surface area (Å²) in [5, 5.41) is 11.2. The predicted molar refractivity (Wildman–Crippen MR) is 119 cm³/mol. The molecule has 0 radical (unpaired) electrons. The standard InChI is InChI=1S/C27H39NO3/c1-14-4-7-22-15(2)18-5-6-19-20(24(18)26(31)28(22)13-14)12-21-25(19)23(30)11-16-10-17(29)8-9-27(16,21)3/h10,14-15,18-25,30H,4-9,11-13H2,1-3H3/t14-,15-,18-,19-,20-,21+,22+,23?,24-,25+,27+/m1/s1. The van der Waals surface area contributed by atoms with E-state index in [2.05, 4.69) is 25.7 Å². The molecule has 6 aliphatic rings. The molecule has 11 atom stereocenters. The normalized spacial score (nSPS) is 53.7. The van der Waals surface area contributed by atoms with E-state index in [1.54, 1.807) is 0 Å². The summed E-state index contributed by atoms with van der Waals surface area (Å²) in [7, 11) is 0. The molecule has 6 rings (SSSR count). The summed E-state index contributed by atoms with van der Waals surface area (Å²) in [5.41, 5.74) is 1.23. The Balaban J connectivity index is 1.35. The molecule has 0 spiro atoms. The molecule has 31 heavy (non-hydrogen) atoms. The third kappa shape index (κ3) is 2.75. The molecule has 0 aromatic heterocycles. The Morgan fingerprint density at radius 1 is 1.06 bits per heavy atom. The molecule has 3 saturated carbocycles. The van der Waals surface area contributed by atoms with Gasteiger partial charge in [0.25, 0.3) is 0 Å². The highest BCUT2D eigenvalue weighted by molar-refractivity contribution is 5.91. The molecule has 4 nitrogen and oxygen atoms in total. The number of piperidine rings is 2. The topological polar surface area (TPSA) is 57.6 Å². The van der Waals surface area contributed by atoms with Crippen molar-refractivity contribution in [3.63, 3.8) is 0 Å². The Hall–Kier alpha value is -1.16. The minimum Gasteiger partial charge on any atom is -0.392 e. The SMILES string of the molecule is C[C@@H]1CC[C@H]2[C@H](C)[C@H]3CC[C@@H]4[C@@H](C[C@H]5[C@H]4C(O)CC4=CC(=O)CC[C@@]45C)[C@@H]3C(=O)N2C1. The lowest BCUT2D eigenvalue weighted by molar-refractivity contribution is -0.162. The summed E-state index contributed by atoms with van der Waals surface area (Å²) < 4.78 is 0. The van der Waals surface area contributed by atoms with E-state index in [0.29, 0.717) is 66.2 Å². The second kappa shape index (κ2) is 6.92. The fourth-order valence-electron chi connectivity index (χ4n) is 9.61. The van der Waals surface area contributed by atoms with Gasteiger partial charge in [-0.05, 0) is 97.9 Å². The van der Waals surface area contributed by atoms with Crippen molar-refractivity contribution in [3.8, 4) is 0 Å². The number of ketones is 1. The van der Waals surface area contributed by atoms with Crippen molar-refractivity contribution in [2.75, 3.05) is 6.54 Å². The molecule has 170 valence electrons. The average Bonchev–Trinajstić information content (AvgIpc) is 3.14. The first kappa shape index (κ1) is 20.4. The van der Waals surface area contributed by atoms with E-state index in [4.69, 9.17) is 0 Å². The lowest BCUT2D eigenvalue weighted by atomic mass is 9.55. The summed E-state index contributed by atoms with van der Waals surface area (Å²) in [6.45, 7) is 8.02. The van der Waals surface area contributed by atoms with E-state index < -0.39 is 0 Å². The van der Waals surface area contributed by atoms with Crippen LogP contribution in [0.5, 0.6) is 0 Å². The van der Waals surface area contributed by atoms with Gasteiger partial charge in [0.1, 0.15) is 0 Å². The number of nitrogens with zero attached hydrogens (tertiary/aromatic N) is 1. The first-order valence-electron chi connectivity index (χ1n) is 13.0.